The Morgan fingerprint density at radius 1 is 1.24 bits per heavy atom. The van der Waals surface area contributed by atoms with Crippen molar-refractivity contribution in [1.29, 1.82) is 5.41 Å². The van der Waals surface area contributed by atoms with Gasteiger partial charge in [-0.15, -0.1) is 0 Å². The second kappa shape index (κ2) is 4.49. The Morgan fingerprint density at radius 2 is 1.88 bits per heavy atom. The quantitative estimate of drug-likeness (QED) is 0.597. The maximum absolute atomic E-state index is 8.10. The van der Waals surface area contributed by atoms with Crippen LogP contribution in [0.2, 0.25) is 0 Å². The van der Waals surface area contributed by atoms with Gasteiger partial charge in [0.15, 0.2) is 0 Å². The van der Waals surface area contributed by atoms with E-state index < -0.39 is 0 Å². The summed E-state index contributed by atoms with van der Waals surface area (Å²) in [4.78, 5) is 1.95. The second-order valence-electron chi connectivity index (χ2n) is 5.48. The fourth-order valence-electron chi connectivity index (χ4n) is 1.90. The van der Waals surface area contributed by atoms with E-state index in [-0.39, 0.29) is 5.41 Å². The summed E-state index contributed by atoms with van der Waals surface area (Å²) in [5.41, 5.74) is 2.42. The third-order valence-electron chi connectivity index (χ3n) is 3.09. The number of benzene rings is 1. The first-order valence-corrected chi connectivity index (χ1v) is 6.00. The molecule has 0 saturated carbocycles. The number of nitrogens with zero attached hydrogens (tertiary/aromatic N) is 1. The highest BCUT2D eigenvalue weighted by Gasteiger charge is 2.18. The summed E-state index contributed by atoms with van der Waals surface area (Å²) in [6, 6.07) is 8.28. The zero-order chi connectivity index (χ0) is 12.5. The van der Waals surface area contributed by atoms with Gasteiger partial charge in [-0.25, -0.2) is 0 Å². The van der Waals surface area contributed by atoms with E-state index in [9.17, 15) is 0 Å². The molecular formula is C14H20N2O. The Morgan fingerprint density at radius 3 is 2.35 bits per heavy atom. The third kappa shape index (κ3) is 2.67. The van der Waals surface area contributed by atoms with Gasteiger partial charge in [-0.05, 0) is 11.0 Å². The molecule has 0 bridgehead atoms. The maximum Gasteiger partial charge on any atom is 0.129 e. The predicted octanol–water partition coefficient (Wildman–Crippen LogP) is 2.60. The average molecular weight is 232 g/mol. The monoisotopic (exact) mass is 232 g/mol. The lowest BCUT2D eigenvalue weighted by Crippen LogP contribution is -2.28. The highest BCUT2D eigenvalue weighted by atomic mass is 16.5. The van der Waals surface area contributed by atoms with E-state index in [0.29, 0.717) is 12.6 Å². The predicted molar refractivity (Wildman–Crippen MR) is 69.5 cm³/mol. The van der Waals surface area contributed by atoms with Gasteiger partial charge in [0.25, 0.3) is 0 Å². The van der Waals surface area contributed by atoms with Gasteiger partial charge in [0.2, 0.25) is 0 Å². The van der Waals surface area contributed by atoms with Crippen molar-refractivity contribution in [3.05, 3.63) is 35.4 Å². The van der Waals surface area contributed by atoms with E-state index >= 15 is 0 Å². The van der Waals surface area contributed by atoms with Crippen molar-refractivity contribution in [2.45, 2.75) is 26.2 Å². The number of ether oxygens (including phenoxy) is 1. The largest absolute Gasteiger partial charge is 0.359 e. The molecule has 1 aliphatic heterocycles. The highest BCUT2D eigenvalue weighted by molar-refractivity contribution is 5.96. The molecule has 0 radical (unpaired) electrons. The van der Waals surface area contributed by atoms with Gasteiger partial charge < -0.3 is 9.64 Å². The van der Waals surface area contributed by atoms with E-state index in [4.69, 9.17) is 10.1 Å². The first-order chi connectivity index (χ1) is 7.98. The van der Waals surface area contributed by atoms with Crippen LogP contribution in [0.1, 0.15) is 31.9 Å². The molecule has 1 saturated heterocycles. The maximum atomic E-state index is 8.10. The van der Waals surface area contributed by atoms with Gasteiger partial charge >= 0.3 is 0 Å². The van der Waals surface area contributed by atoms with Crippen molar-refractivity contribution in [3.63, 3.8) is 0 Å². The Kier molecular flexibility index (Phi) is 3.20. The summed E-state index contributed by atoms with van der Waals surface area (Å²) in [6.45, 7) is 8.67. The lowest BCUT2D eigenvalue weighted by atomic mass is 9.86. The molecule has 2 rings (SSSR count). The van der Waals surface area contributed by atoms with Crippen molar-refractivity contribution < 1.29 is 4.74 Å². The van der Waals surface area contributed by atoms with Gasteiger partial charge in [-0.1, -0.05) is 45.0 Å². The molecule has 1 heterocycles. The fourth-order valence-corrected chi connectivity index (χ4v) is 1.90. The summed E-state index contributed by atoms with van der Waals surface area (Å²) >= 11 is 0. The molecule has 1 aromatic rings. The van der Waals surface area contributed by atoms with Crippen LogP contribution in [0.3, 0.4) is 0 Å². The molecule has 0 spiro atoms. The molecule has 0 aromatic heterocycles. The number of hydrogen-bond donors (Lipinski definition) is 1. The minimum Gasteiger partial charge on any atom is -0.359 e. The Bertz CT molecular complexity index is 397. The number of hydrogen-bond acceptors (Lipinski definition) is 2. The zero-order valence-electron chi connectivity index (χ0n) is 10.8. The molecule has 17 heavy (non-hydrogen) atoms. The number of rotatable bonds is 1. The standard InChI is InChI=1S/C14H20N2O/c1-14(2,3)12-6-4-11(5-7-12)13(15)16-8-9-17-10-16/h4-7,15H,8-10H2,1-3H3. The molecule has 1 aromatic carbocycles. The van der Waals surface area contributed by atoms with Crippen molar-refractivity contribution in [2.75, 3.05) is 19.9 Å². The van der Waals surface area contributed by atoms with Gasteiger partial charge in [-0.2, -0.15) is 0 Å². The molecule has 0 aliphatic carbocycles. The normalized spacial score (nSPS) is 16.3. The number of nitrogens with one attached hydrogen (secondary N) is 1. The van der Waals surface area contributed by atoms with Crippen molar-refractivity contribution in [1.82, 2.24) is 4.90 Å². The molecule has 0 unspecified atom stereocenters. The van der Waals surface area contributed by atoms with E-state index in [2.05, 4.69) is 32.9 Å². The summed E-state index contributed by atoms with van der Waals surface area (Å²) in [6.07, 6.45) is 0. The van der Waals surface area contributed by atoms with Crippen molar-refractivity contribution >= 4 is 5.84 Å². The zero-order valence-corrected chi connectivity index (χ0v) is 10.8. The van der Waals surface area contributed by atoms with E-state index in [1.165, 1.54) is 5.56 Å². The van der Waals surface area contributed by atoms with Crippen LogP contribution >= 0.6 is 0 Å². The summed E-state index contributed by atoms with van der Waals surface area (Å²) in [5, 5.41) is 8.10. The van der Waals surface area contributed by atoms with Gasteiger partial charge in [0, 0.05) is 12.1 Å². The first-order valence-electron chi connectivity index (χ1n) is 6.00. The lowest BCUT2D eigenvalue weighted by Gasteiger charge is -2.21. The summed E-state index contributed by atoms with van der Waals surface area (Å²) in [7, 11) is 0. The molecule has 0 atom stereocenters. The molecule has 3 heteroatoms. The molecule has 1 fully saturated rings. The van der Waals surface area contributed by atoms with Gasteiger partial charge in [0.1, 0.15) is 12.6 Å². The van der Waals surface area contributed by atoms with E-state index in [0.717, 1.165) is 18.7 Å². The molecule has 1 aliphatic rings. The minimum atomic E-state index is 0.164. The average Bonchev–Trinajstić information content (AvgIpc) is 2.80. The molecule has 92 valence electrons. The highest BCUT2D eigenvalue weighted by Crippen LogP contribution is 2.22. The third-order valence-corrected chi connectivity index (χ3v) is 3.09. The fraction of sp³-hybridized carbons (Fsp3) is 0.500. The van der Waals surface area contributed by atoms with E-state index in [1.807, 2.05) is 17.0 Å². The SMILES string of the molecule is CC(C)(C)c1ccc(C(=N)N2CCOC2)cc1. The van der Waals surface area contributed by atoms with E-state index in [1.54, 1.807) is 0 Å². The Hall–Kier alpha value is -1.35. The van der Waals surface area contributed by atoms with Crippen LogP contribution in [0.25, 0.3) is 0 Å². The Balaban J connectivity index is 2.15. The molecule has 0 amide bonds. The molecule has 1 N–H and O–H groups in total. The van der Waals surface area contributed by atoms with Crippen LogP contribution in [-0.2, 0) is 10.2 Å². The minimum absolute atomic E-state index is 0.164. The summed E-state index contributed by atoms with van der Waals surface area (Å²) < 4.78 is 5.26. The molecule has 3 nitrogen and oxygen atoms in total. The first kappa shape index (κ1) is 12.1. The van der Waals surface area contributed by atoms with Crippen LogP contribution in [0.5, 0.6) is 0 Å². The van der Waals surface area contributed by atoms with Crippen molar-refractivity contribution in [2.24, 2.45) is 0 Å². The van der Waals surface area contributed by atoms with Gasteiger partial charge in [-0.3, -0.25) is 5.41 Å². The van der Waals surface area contributed by atoms with Crippen LogP contribution < -0.4 is 0 Å². The molecular weight excluding hydrogens is 212 g/mol. The van der Waals surface area contributed by atoms with Crippen LogP contribution in [0, 0.1) is 5.41 Å². The summed E-state index contributed by atoms with van der Waals surface area (Å²) in [5.74, 6) is 0.558. The van der Waals surface area contributed by atoms with Crippen molar-refractivity contribution in [3.8, 4) is 0 Å². The van der Waals surface area contributed by atoms with Gasteiger partial charge in [0.05, 0.1) is 6.61 Å². The Labute approximate surface area is 103 Å². The number of amidine groups is 1. The lowest BCUT2D eigenvalue weighted by molar-refractivity contribution is 0.168. The van der Waals surface area contributed by atoms with Crippen LogP contribution in [-0.4, -0.2) is 30.6 Å². The topological polar surface area (TPSA) is 36.3 Å². The smallest absolute Gasteiger partial charge is 0.129 e. The van der Waals surface area contributed by atoms with Crippen LogP contribution in [0.15, 0.2) is 24.3 Å². The van der Waals surface area contributed by atoms with Crippen LogP contribution in [0.4, 0.5) is 0 Å². The second-order valence-corrected chi connectivity index (χ2v) is 5.48.